The van der Waals surface area contributed by atoms with Crippen molar-refractivity contribution in [3.05, 3.63) is 83.9 Å². The number of rotatable bonds is 5. The average Bonchev–Trinajstić information content (AvgIpc) is 3.63. The fraction of sp³-hybridized carbons (Fsp3) is 0.600. The molecule has 8 aliphatic rings. The van der Waals surface area contributed by atoms with Crippen molar-refractivity contribution in [1.82, 2.24) is 0 Å². The van der Waals surface area contributed by atoms with Crippen molar-refractivity contribution < 1.29 is 45.5 Å². The van der Waals surface area contributed by atoms with E-state index in [1.807, 2.05) is 6.07 Å². The molecule has 0 aromatic heterocycles. The van der Waals surface area contributed by atoms with Crippen LogP contribution in [0.15, 0.2) is 72.8 Å². The predicted octanol–water partition coefficient (Wildman–Crippen LogP) is 8.34. The van der Waals surface area contributed by atoms with Crippen LogP contribution in [0.1, 0.15) is 92.2 Å². The third-order valence-electron chi connectivity index (χ3n) is 13.0. The van der Waals surface area contributed by atoms with E-state index in [1.165, 1.54) is 22.3 Å². The second kappa shape index (κ2) is 11.0. The second-order valence-corrected chi connectivity index (χ2v) is 17.7. The van der Waals surface area contributed by atoms with Gasteiger partial charge >= 0.3 is 17.1 Å². The van der Waals surface area contributed by atoms with E-state index in [1.54, 1.807) is 0 Å². The molecule has 11 rings (SSSR count). The molecule has 0 N–H and O–H groups in total. The van der Waals surface area contributed by atoms with Gasteiger partial charge in [0.05, 0.1) is 22.4 Å². The molecule has 0 aliphatic carbocycles. The summed E-state index contributed by atoms with van der Waals surface area (Å²) in [6, 6.07) is 25.6. The van der Waals surface area contributed by atoms with Gasteiger partial charge in [0, 0.05) is 36.5 Å². The molecule has 8 bridgehead atoms. The average molecular weight is 747 g/mol. The number of benzene rings is 1. The molecule has 0 amide bonds. The van der Waals surface area contributed by atoms with E-state index in [9.17, 15) is 0 Å². The Hall–Kier alpha value is -0.941. The molecule has 9 heteroatoms. The number of hydrogen-bond acceptors (Lipinski definition) is 6. The summed E-state index contributed by atoms with van der Waals surface area (Å²) in [6.07, 6.45) is 4.30. The van der Waals surface area contributed by atoms with Crippen molar-refractivity contribution in [2.45, 2.75) is 137 Å². The Morgan fingerprint density at radius 1 is 0.531 bits per heavy atom. The molecule has 8 saturated heterocycles. The van der Waals surface area contributed by atoms with Crippen LogP contribution in [0.4, 0.5) is 0 Å². The van der Waals surface area contributed by atoms with Crippen LogP contribution in [0, 0.1) is 0 Å². The van der Waals surface area contributed by atoms with Gasteiger partial charge < -0.3 is 28.4 Å². The predicted molar refractivity (Wildman–Crippen MR) is 194 cm³/mol. The van der Waals surface area contributed by atoms with E-state index < -0.39 is 56.4 Å². The third-order valence-corrected chi connectivity index (χ3v) is 14.2. The van der Waals surface area contributed by atoms with Gasteiger partial charge in [-0.25, -0.2) is 6.07 Å². The van der Waals surface area contributed by atoms with Gasteiger partial charge in [-0.05, 0) is 67.7 Å². The molecule has 6 nitrogen and oxygen atoms in total. The van der Waals surface area contributed by atoms with E-state index in [4.69, 9.17) is 28.4 Å². The molecule has 266 valence electrons. The Morgan fingerprint density at radius 3 is 1.39 bits per heavy atom. The molecule has 0 spiro atoms. The minimum atomic E-state index is -0.670. The van der Waals surface area contributed by atoms with Gasteiger partial charge in [0.2, 0.25) is 0 Å². The van der Waals surface area contributed by atoms with Crippen molar-refractivity contribution in [3.63, 3.8) is 0 Å². The van der Waals surface area contributed by atoms with E-state index in [0.29, 0.717) is 25.7 Å². The topological polar surface area (TPSA) is 55.4 Å². The summed E-state index contributed by atoms with van der Waals surface area (Å²) in [6.45, 7) is 17.4. The minimum Gasteiger partial charge on any atom is -0.344 e. The normalized spacial score (nSPS) is 48.6. The Kier molecular flexibility index (Phi) is 8.21. The largest absolute Gasteiger partial charge is 2.00 e. The molecule has 10 atom stereocenters. The first-order valence-corrected chi connectivity index (χ1v) is 19.2. The Labute approximate surface area is 307 Å². The van der Waals surface area contributed by atoms with Crippen LogP contribution in [-0.2, 0) is 56.3 Å². The molecule has 8 heterocycles. The van der Waals surface area contributed by atoms with Crippen LogP contribution in [0.3, 0.4) is 0 Å². The minimum absolute atomic E-state index is 0. The molecule has 8 aliphatic heterocycles. The maximum atomic E-state index is 6.97. The van der Waals surface area contributed by atoms with Crippen LogP contribution in [0.2, 0.25) is 0 Å². The van der Waals surface area contributed by atoms with Crippen LogP contribution in [-0.4, -0.2) is 57.9 Å². The summed E-state index contributed by atoms with van der Waals surface area (Å²) >= 11 is 0. The van der Waals surface area contributed by atoms with Crippen molar-refractivity contribution in [1.29, 1.82) is 0 Å². The molecular weight excluding hydrogens is 694 g/mol. The van der Waals surface area contributed by atoms with Crippen LogP contribution in [0.5, 0.6) is 0 Å². The first-order valence-electron chi connectivity index (χ1n) is 17.5. The van der Waals surface area contributed by atoms with Crippen LogP contribution in [0.25, 0.3) is 11.1 Å². The van der Waals surface area contributed by atoms with Gasteiger partial charge in [-0.3, -0.25) is 0 Å². The van der Waals surface area contributed by atoms with Gasteiger partial charge in [0.15, 0.2) is 23.1 Å². The summed E-state index contributed by atoms with van der Waals surface area (Å²) in [5, 5.41) is 0. The second-order valence-electron chi connectivity index (χ2n) is 16.9. The summed E-state index contributed by atoms with van der Waals surface area (Å²) in [5.41, 5.74) is 2.41. The van der Waals surface area contributed by atoms with Crippen LogP contribution < -0.4 is 0 Å². The van der Waals surface area contributed by atoms with Gasteiger partial charge in [0.1, 0.15) is 0 Å². The first-order chi connectivity index (χ1) is 22.4. The van der Waals surface area contributed by atoms with E-state index in [2.05, 4.69) is 141 Å². The molecule has 3 aromatic carbocycles. The van der Waals surface area contributed by atoms with Crippen LogP contribution >= 0.6 is 18.5 Å². The fourth-order valence-electron chi connectivity index (χ4n) is 12.4. The fourth-order valence-corrected chi connectivity index (χ4v) is 14.6. The molecule has 10 unspecified atom stereocenters. The van der Waals surface area contributed by atoms with E-state index in [-0.39, 0.29) is 17.1 Å². The van der Waals surface area contributed by atoms with Crippen molar-refractivity contribution in [2.75, 3.05) is 12.3 Å². The summed E-state index contributed by atoms with van der Waals surface area (Å²) in [5.74, 6) is -2.68. The molecule has 8 fully saturated rings. The molecule has 49 heavy (non-hydrogen) atoms. The standard InChI is InChI=1S/C29H43O6P2.C11H9.Fe/c1-20-12-24(5)31-21(2,13-25(6,30-20)34-24)28(20,16-36)18-10-9-11-19(18)29(17-37)22(3)14-26(7)33-23(29,4)15-27(8,32-22)35-26;1-2-6-10(7-3-1)11-8-4-5-9-11;/h9-11H,12-17,36-37H2,1-8H3;1-9H;/q2*-1;+2. The van der Waals surface area contributed by atoms with Crippen molar-refractivity contribution in [3.8, 4) is 11.1 Å². The quantitative estimate of drug-likeness (QED) is 0.149. The molecule has 0 saturated carbocycles. The van der Waals surface area contributed by atoms with E-state index in [0.717, 1.165) is 12.3 Å². The zero-order valence-corrected chi connectivity index (χ0v) is 33.5. The van der Waals surface area contributed by atoms with Gasteiger partial charge in [-0.1, -0.05) is 30.3 Å². The maximum Gasteiger partial charge on any atom is 2.00 e. The Morgan fingerprint density at radius 2 is 0.980 bits per heavy atom. The number of hydrogen-bond donors (Lipinski definition) is 0. The van der Waals surface area contributed by atoms with Gasteiger partial charge in [-0.2, -0.15) is 47.0 Å². The van der Waals surface area contributed by atoms with E-state index >= 15 is 0 Å². The monoisotopic (exact) mass is 746 g/mol. The van der Waals surface area contributed by atoms with Gasteiger partial charge in [0.25, 0.3) is 0 Å². The summed E-state index contributed by atoms with van der Waals surface area (Å²) in [7, 11) is 6.12. The first kappa shape index (κ1) is 36.4. The maximum absolute atomic E-state index is 6.97. The summed E-state index contributed by atoms with van der Waals surface area (Å²) in [4.78, 5) is 0. The Bertz CT molecular complexity index is 1540. The van der Waals surface area contributed by atoms with Gasteiger partial charge in [-0.15, -0.1) is 30.1 Å². The zero-order chi connectivity index (χ0) is 34.3. The third kappa shape index (κ3) is 4.73. The van der Waals surface area contributed by atoms with Crippen molar-refractivity contribution in [2.24, 2.45) is 0 Å². The summed E-state index contributed by atoms with van der Waals surface area (Å²) < 4.78 is 40.6. The zero-order valence-electron chi connectivity index (χ0n) is 30.1. The number of ether oxygens (including phenoxy) is 6. The Balaban J connectivity index is 0.000000268. The molecule has 0 radical (unpaired) electrons. The molecule has 3 aromatic rings. The SMILES string of the molecule is CC12CC3(C)OC(C)(CC(C)(O1)C3(CP)c1cc[cH-]c1C1(CP)C3(C)CC4(C)OC(C)(CC1(C)O4)O3)O2.[Fe+2].c1ccc(-c2ccc[cH-]2)cc1. The van der Waals surface area contributed by atoms with Crippen molar-refractivity contribution >= 4 is 18.5 Å². The molecular formula is C40H52FeO6P2. The smallest absolute Gasteiger partial charge is 0.344 e.